The molecule has 2 heterocycles. The van der Waals surface area contributed by atoms with Crippen LogP contribution in [-0.4, -0.2) is 4.98 Å². The lowest BCUT2D eigenvalue weighted by Crippen LogP contribution is -2.09. The monoisotopic (exact) mass is 246 g/mol. The van der Waals surface area contributed by atoms with E-state index in [1.165, 1.54) is 6.07 Å². The molecular formula is C14H12F2N2. The predicted octanol–water partition coefficient (Wildman–Crippen LogP) is 3.63. The molecule has 92 valence electrons. The Labute approximate surface area is 104 Å². The molecule has 0 saturated carbocycles. The number of halogens is 2. The minimum absolute atomic E-state index is 0.0511. The largest absolute Gasteiger partial charge is 0.377 e. The molecule has 1 aliphatic heterocycles. The van der Waals surface area contributed by atoms with Crippen molar-refractivity contribution in [2.75, 3.05) is 5.32 Å². The normalized spacial score (nSPS) is 21.5. The highest BCUT2D eigenvalue weighted by molar-refractivity contribution is 5.61. The van der Waals surface area contributed by atoms with Crippen molar-refractivity contribution >= 4 is 5.69 Å². The summed E-state index contributed by atoms with van der Waals surface area (Å²) in [7, 11) is 0. The molecule has 0 fully saturated rings. The SMILES string of the molecule is CC1c2c(F)cc(F)cc2NC1c1cccnc1. The van der Waals surface area contributed by atoms with Gasteiger partial charge >= 0.3 is 0 Å². The molecule has 0 radical (unpaired) electrons. The number of aromatic nitrogens is 1. The quantitative estimate of drug-likeness (QED) is 0.831. The van der Waals surface area contributed by atoms with Gasteiger partial charge in [-0.1, -0.05) is 13.0 Å². The molecule has 2 aromatic rings. The van der Waals surface area contributed by atoms with Crippen molar-refractivity contribution in [3.63, 3.8) is 0 Å². The fraction of sp³-hybridized carbons (Fsp3) is 0.214. The lowest BCUT2D eigenvalue weighted by atomic mass is 9.93. The van der Waals surface area contributed by atoms with E-state index in [9.17, 15) is 8.78 Å². The van der Waals surface area contributed by atoms with E-state index in [0.29, 0.717) is 11.3 Å². The summed E-state index contributed by atoms with van der Waals surface area (Å²) in [6, 6.07) is 5.98. The molecule has 1 aromatic heterocycles. The average molecular weight is 246 g/mol. The molecular weight excluding hydrogens is 234 g/mol. The predicted molar refractivity (Wildman–Crippen MR) is 65.4 cm³/mol. The van der Waals surface area contributed by atoms with E-state index in [1.54, 1.807) is 12.4 Å². The molecule has 0 bridgehead atoms. The number of benzene rings is 1. The maximum atomic E-state index is 13.8. The van der Waals surface area contributed by atoms with Gasteiger partial charge < -0.3 is 5.32 Å². The first-order valence-corrected chi connectivity index (χ1v) is 5.82. The van der Waals surface area contributed by atoms with Crippen LogP contribution in [0.25, 0.3) is 0 Å². The van der Waals surface area contributed by atoms with Gasteiger partial charge in [0.2, 0.25) is 0 Å². The molecule has 0 saturated heterocycles. The zero-order valence-electron chi connectivity index (χ0n) is 9.82. The molecule has 1 N–H and O–H groups in total. The highest BCUT2D eigenvalue weighted by Crippen LogP contribution is 2.44. The summed E-state index contributed by atoms with van der Waals surface area (Å²) in [5, 5.41) is 3.16. The number of nitrogens with one attached hydrogen (secondary N) is 1. The Hall–Kier alpha value is -1.97. The fourth-order valence-electron chi connectivity index (χ4n) is 2.56. The Morgan fingerprint density at radius 3 is 2.83 bits per heavy atom. The molecule has 1 aliphatic rings. The van der Waals surface area contributed by atoms with Gasteiger partial charge in [-0.25, -0.2) is 8.78 Å². The Balaban J connectivity index is 2.04. The van der Waals surface area contributed by atoms with Crippen molar-refractivity contribution < 1.29 is 8.78 Å². The Morgan fingerprint density at radius 1 is 1.28 bits per heavy atom. The van der Waals surface area contributed by atoms with Gasteiger partial charge in [0, 0.05) is 35.6 Å². The molecule has 0 aliphatic carbocycles. The number of fused-ring (bicyclic) bond motifs is 1. The second kappa shape index (κ2) is 4.05. The van der Waals surface area contributed by atoms with Crippen LogP contribution in [0, 0.1) is 11.6 Å². The molecule has 4 heteroatoms. The van der Waals surface area contributed by atoms with Crippen LogP contribution < -0.4 is 5.32 Å². The fourth-order valence-corrected chi connectivity index (χ4v) is 2.56. The van der Waals surface area contributed by atoms with Crippen LogP contribution >= 0.6 is 0 Å². The third kappa shape index (κ3) is 1.65. The number of anilines is 1. The summed E-state index contributed by atoms with van der Waals surface area (Å²) in [5.41, 5.74) is 2.06. The van der Waals surface area contributed by atoms with E-state index in [0.717, 1.165) is 11.6 Å². The molecule has 2 atom stereocenters. The molecule has 1 aromatic carbocycles. The van der Waals surface area contributed by atoms with Gasteiger partial charge in [-0.15, -0.1) is 0 Å². The first-order chi connectivity index (χ1) is 8.66. The number of rotatable bonds is 1. The standard InChI is InChI=1S/C14H12F2N2/c1-8-13-11(16)5-10(15)6-12(13)18-14(8)9-3-2-4-17-7-9/h2-8,14,18H,1H3. The van der Waals surface area contributed by atoms with Gasteiger partial charge in [0.25, 0.3) is 0 Å². The average Bonchev–Trinajstić information content (AvgIpc) is 2.67. The number of hydrogen-bond acceptors (Lipinski definition) is 2. The van der Waals surface area contributed by atoms with Crippen LogP contribution in [0.15, 0.2) is 36.7 Å². The molecule has 0 amide bonds. The van der Waals surface area contributed by atoms with Crippen LogP contribution in [0.3, 0.4) is 0 Å². The zero-order valence-corrected chi connectivity index (χ0v) is 9.82. The zero-order chi connectivity index (χ0) is 12.7. The van der Waals surface area contributed by atoms with Gasteiger partial charge in [0.15, 0.2) is 0 Å². The lowest BCUT2D eigenvalue weighted by Gasteiger charge is -2.16. The Kier molecular flexibility index (Phi) is 2.51. The van der Waals surface area contributed by atoms with Crippen molar-refractivity contribution in [2.45, 2.75) is 18.9 Å². The van der Waals surface area contributed by atoms with Crippen LogP contribution in [0.4, 0.5) is 14.5 Å². The van der Waals surface area contributed by atoms with E-state index in [4.69, 9.17) is 0 Å². The molecule has 18 heavy (non-hydrogen) atoms. The van der Waals surface area contributed by atoms with E-state index in [2.05, 4.69) is 10.3 Å². The van der Waals surface area contributed by atoms with E-state index in [-0.39, 0.29) is 12.0 Å². The summed E-state index contributed by atoms with van der Waals surface area (Å²) in [6.07, 6.45) is 3.44. The van der Waals surface area contributed by atoms with E-state index in [1.807, 2.05) is 19.1 Å². The van der Waals surface area contributed by atoms with Crippen LogP contribution in [-0.2, 0) is 0 Å². The number of nitrogens with zero attached hydrogens (tertiary/aromatic N) is 1. The van der Waals surface area contributed by atoms with Crippen molar-refractivity contribution in [1.29, 1.82) is 0 Å². The van der Waals surface area contributed by atoms with Crippen LogP contribution in [0.5, 0.6) is 0 Å². The molecule has 0 spiro atoms. The Bertz CT molecular complexity index is 584. The van der Waals surface area contributed by atoms with Crippen molar-refractivity contribution in [3.8, 4) is 0 Å². The van der Waals surface area contributed by atoms with Crippen LogP contribution in [0.2, 0.25) is 0 Å². The topological polar surface area (TPSA) is 24.9 Å². The number of pyridine rings is 1. The van der Waals surface area contributed by atoms with Crippen LogP contribution in [0.1, 0.15) is 30.0 Å². The minimum Gasteiger partial charge on any atom is -0.377 e. The maximum Gasteiger partial charge on any atom is 0.131 e. The molecule has 2 unspecified atom stereocenters. The van der Waals surface area contributed by atoms with E-state index < -0.39 is 11.6 Å². The van der Waals surface area contributed by atoms with E-state index >= 15 is 0 Å². The first kappa shape index (κ1) is 11.1. The van der Waals surface area contributed by atoms with Gasteiger partial charge in [0.1, 0.15) is 11.6 Å². The third-order valence-electron chi connectivity index (χ3n) is 3.40. The third-order valence-corrected chi connectivity index (χ3v) is 3.40. The summed E-state index contributed by atoms with van der Waals surface area (Å²) >= 11 is 0. The maximum absolute atomic E-state index is 13.8. The second-order valence-corrected chi connectivity index (χ2v) is 4.55. The molecule has 3 rings (SSSR count). The molecule has 2 nitrogen and oxygen atoms in total. The van der Waals surface area contributed by atoms with Crippen molar-refractivity contribution in [2.24, 2.45) is 0 Å². The van der Waals surface area contributed by atoms with Crippen molar-refractivity contribution in [3.05, 3.63) is 59.4 Å². The summed E-state index contributed by atoms with van der Waals surface area (Å²) in [4.78, 5) is 4.06. The van der Waals surface area contributed by atoms with Gasteiger partial charge in [-0.2, -0.15) is 0 Å². The Morgan fingerprint density at radius 2 is 2.11 bits per heavy atom. The summed E-state index contributed by atoms with van der Waals surface area (Å²) in [5.74, 6) is -1.10. The number of hydrogen-bond donors (Lipinski definition) is 1. The van der Waals surface area contributed by atoms with Gasteiger partial charge in [0.05, 0.1) is 6.04 Å². The highest BCUT2D eigenvalue weighted by Gasteiger charge is 2.32. The minimum atomic E-state index is -0.558. The van der Waals surface area contributed by atoms with Gasteiger partial charge in [-0.05, 0) is 17.7 Å². The first-order valence-electron chi connectivity index (χ1n) is 5.82. The van der Waals surface area contributed by atoms with Crippen molar-refractivity contribution in [1.82, 2.24) is 4.98 Å². The summed E-state index contributed by atoms with van der Waals surface area (Å²) in [6.45, 7) is 1.93. The summed E-state index contributed by atoms with van der Waals surface area (Å²) < 4.78 is 27.0. The van der Waals surface area contributed by atoms with Gasteiger partial charge in [-0.3, -0.25) is 4.98 Å². The lowest BCUT2D eigenvalue weighted by molar-refractivity contribution is 0.560. The smallest absolute Gasteiger partial charge is 0.131 e. The highest BCUT2D eigenvalue weighted by atomic mass is 19.1. The second-order valence-electron chi connectivity index (χ2n) is 4.55.